The molecule has 0 spiro atoms. The quantitative estimate of drug-likeness (QED) is 0.441. The van der Waals surface area contributed by atoms with E-state index in [-0.39, 0.29) is 0 Å². The van der Waals surface area contributed by atoms with E-state index in [9.17, 15) is 4.79 Å². The van der Waals surface area contributed by atoms with Crippen molar-refractivity contribution in [3.63, 3.8) is 0 Å². The summed E-state index contributed by atoms with van der Waals surface area (Å²) in [5.74, 6) is -0.418. The summed E-state index contributed by atoms with van der Waals surface area (Å²) in [5, 5.41) is 10.9. The molecule has 1 aromatic rings. The molecule has 0 radical (unpaired) electrons. The lowest BCUT2D eigenvalue weighted by atomic mass is 10.3. The molecular formula is C10H8N2O2S. The predicted molar refractivity (Wildman–Crippen MR) is 56.0 cm³/mol. The second-order valence-corrected chi connectivity index (χ2v) is 3.36. The second kappa shape index (κ2) is 5.83. The average molecular weight is 220 g/mol. The van der Waals surface area contributed by atoms with Gasteiger partial charge in [-0.15, -0.1) is 0 Å². The number of methoxy groups -OCH3 is 1. The van der Waals surface area contributed by atoms with Crippen molar-refractivity contribution < 1.29 is 9.53 Å². The summed E-state index contributed by atoms with van der Waals surface area (Å²) in [6.45, 7) is 0. The number of hydrogen-bond acceptors (Lipinski definition) is 5. The number of rotatable bonds is 3. The summed E-state index contributed by atoms with van der Waals surface area (Å²) in [6.07, 6.45) is 2.85. The van der Waals surface area contributed by atoms with Crippen LogP contribution >= 0.6 is 11.8 Å². The van der Waals surface area contributed by atoms with Crippen molar-refractivity contribution in [1.82, 2.24) is 4.98 Å². The summed E-state index contributed by atoms with van der Waals surface area (Å²) >= 11 is 1.25. The van der Waals surface area contributed by atoms with Crippen LogP contribution in [-0.2, 0) is 9.53 Å². The fourth-order valence-corrected chi connectivity index (χ4v) is 1.41. The summed E-state index contributed by atoms with van der Waals surface area (Å²) in [7, 11) is 1.31. The Morgan fingerprint density at radius 3 is 3.20 bits per heavy atom. The topological polar surface area (TPSA) is 63.0 Å². The fourth-order valence-electron chi connectivity index (χ4n) is 0.771. The van der Waals surface area contributed by atoms with Gasteiger partial charge in [-0.1, -0.05) is 11.8 Å². The molecule has 0 atom stereocenters. The molecule has 1 rings (SSSR count). The lowest BCUT2D eigenvalue weighted by Gasteiger charge is -1.94. The van der Waals surface area contributed by atoms with Crippen LogP contribution < -0.4 is 0 Å². The average Bonchev–Trinajstić information content (AvgIpc) is 2.29. The Labute approximate surface area is 91.6 Å². The standard InChI is InChI=1S/C10H8N2O2S/c1-14-10(13)3-5-15-9-6-8(7-11)2-4-12-9/h2-6H,1H3/b5-3+. The zero-order valence-electron chi connectivity index (χ0n) is 8.01. The molecule has 76 valence electrons. The highest BCUT2D eigenvalue weighted by Gasteiger charge is 1.96. The van der Waals surface area contributed by atoms with Gasteiger partial charge in [-0.25, -0.2) is 9.78 Å². The van der Waals surface area contributed by atoms with Crippen LogP contribution in [0.5, 0.6) is 0 Å². The first-order chi connectivity index (χ1) is 7.26. The molecule has 0 bridgehead atoms. The van der Waals surface area contributed by atoms with E-state index < -0.39 is 5.97 Å². The number of carbonyl (C=O) groups is 1. The van der Waals surface area contributed by atoms with Gasteiger partial charge in [0.1, 0.15) is 5.03 Å². The van der Waals surface area contributed by atoms with Crippen LogP contribution in [0.3, 0.4) is 0 Å². The zero-order valence-corrected chi connectivity index (χ0v) is 8.82. The lowest BCUT2D eigenvalue weighted by molar-refractivity contribution is -0.134. The lowest BCUT2D eigenvalue weighted by Crippen LogP contribution is -1.92. The van der Waals surface area contributed by atoms with E-state index in [2.05, 4.69) is 9.72 Å². The molecule has 15 heavy (non-hydrogen) atoms. The fraction of sp³-hybridized carbons (Fsp3) is 0.100. The minimum atomic E-state index is -0.418. The van der Waals surface area contributed by atoms with Crippen LogP contribution in [0.1, 0.15) is 5.56 Å². The number of thioether (sulfide) groups is 1. The maximum atomic E-state index is 10.7. The highest BCUT2D eigenvalue weighted by Crippen LogP contribution is 2.16. The molecule has 0 aliphatic heterocycles. The number of hydrogen-bond donors (Lipinski definition) is 0. The number of esters is 1. The minimum absolute atomic E-state index is 0.418. The predicted octanol–water partition coefficient (Wildman–Crippen LogP) is 1.73. The molecule has 0 unspecified atom stereocenters. The summed E-state index contributed by atoms with van der Waals surface area (Å²) < 4.78 is 4.42. The van der Waals surface area contributed by atoms with Gasteiger partial charge in [0, 0.05) is 12.3 Å². The van der Waals surface area contributed by atoms with E-state index in [4.69, 9.17) is 5.26 Å². The van der Waals surface area contributed by atoms with Crippen LogP contribution in [0.25, 0.3) is 0 Å². The zero-order chi connectivity index (χ0) is 11.1. The SMILES string of the molecule is COC(=O)/C=C/Sc1cc(C#N)ccn1. The van der Waals surface area contributed by atoms with Crippen LogP contribution in [-0.4, -0.2) is 18.1 Å². The Morgan fingerprint density at radius 1 is 1.73 bits per heavy atom. The van der Waals surface area contributed by atoms with Gasteiger partial charge in [-0.3, -0.25) is 0 Å². The molecule has 0 aliphatic carbocycles. The molecule has 1 heterocycles. The normalized spacial score (nSPS) is 9.87. The Bertz CT molecular complexity index is 424. The molecule has 1 aromatic heterocycles. The Balaban J connectivity index is 2.62. The first-order valence-corrected chi connectivity index (χ1v) is 4.91. The smallest absolute Gasteiger partial charge is 0.330 e. The van der Waals surface area contributed by atoms with Crippen molar-refractivity contribution in [3.05, 3.63) is 35.4 Å². The van der Waals surface area contributed by atoms with Crippen molar-refractivity contribution in [1.29, 1.82) is 5.26 Å². The van der Waals surface area contributed by atoms with Gasteiger partial charge in [0.05, 0.1) is 18.7 Å². The van der Waals surface area contributed by atoms with Gasteiger partial charge in [-0.05, 0) is 17.5 Å². The highest BCUT2D eigenvalue weighted by atomic mass is 32.2. The molecule has 0 saturated carbocycles. The summed E-state index contributed by atoms with van der Waals surface area (Å²) in [5.41, 5.74) is 0.541. The van der Waals surface area contributed by atoms with E-state index in [0.29, 0.717) is 10.6 Å². The van der Waals surface area contributed by atoms with Gasteiger partial charge >= 0.3 is 5.97 Å². The van der Waals surface area contributed by atoms with Gasteiger partial charge in [0.25, 0.3) is 0 Å². The van der Waals surface area contributed by atoms with Crippen molar-refractivity contribution >= 4 is 17.7 Å². The Kier molecular flexibility index (Phi) is 4.38. The summed E-state index contributed by atoms with van der Waals surface area (Å²) in [4.78, 5) is 14.7. The maximum Gasteiger partial charge on any atom is 0.330 e. The maximum absolute atomic E-state index is 10.7. The van der Waals surface area contributed by atoms with Crippen molar-refractivity contribution in [2.45, 2.75) is 5.03 Å². The molecule has 0 saturated heterocycles. The number of aromatic nitrogens is 1. The summed E-state index contributed by atoms with van der Waals surface area (Å²) in [6, 6.07) is 5.27. The van der Waals surface area contributed by atoms with Crippen molar-refractivity contribution in [2.75, 3.05) is 7.11 Å². The third kappa shape index (κ3) is 3.83. The number of pyridine rings is 1. The third-order valence-electron chi connectivity index (χ3n) is 1.46. The molecule has 0 N–H and O–H groups in total. The molecular weight excluding hydrogens is 212 g/mol. The van der Waals surface area contributed by atoms with E-state index in [1.54, 1.807) is 23.7 Å². The van der Waals surface area contributed by atoms with Crippen LogP contribution in [0.4, 0.5) is 0 Å². The Morgan fingerprint density at radius 2 is 2.53 bits per heavy atom. The Hall–Kier alpha value is -1.80. The van der Waals surface area contributed by atoms with E-state index in [1.807, 2.05) is 6.07 Å². The second-order valence-electron chi connectivity index (χ2n) is 2.44. The number of carbonyl (C=O) groups excluding carboxylic acids is 1. The number of nitrogens with zero attached hydrogens (tertiary/aromatic N) is 2. The van der Waals surface area contributed by atoms with Gasteiger partial charge in [0.2, 0.25) is 0 Å². The molecule has 0 amide bonds. The number of ether oxygens (including phenoxy) is 1. The molecule has 0 aliphatic rings. The van der Waals surface area contributed by atoms with Crippen LogP contribution in [0, 0.1) is 11.3 Å². The van der Waals surface area contributed by atoms with Gasteiger partial charge in [-0.2, -0.15) is 5.26 Å². The molecule has 5 heteroatoms. The molecule has 4 nitrogen and oxygen atoms in total. The monoisotopic (exact) mass is 220 g/mol. The van der Waals surface area contributed by atoms with E-state index >= 15 is 0 Å². The number of nitriles is 1. The van der Waals surface area contributed by atoms with Crippen LogP contribution in [0.2, 0.25) is 0 Å². The largest absolute Gasteiger partial charge is 0.466 e. The third-order valence-corrected chi connectivity index (χ3v) is 2.19. The van der Waals surface area contributed by atoms with E-state index in [1.165, 1.54) is 24.9 Å². The van der Waals surface area contributed by atoms with E-state index in [0.717, 1.165) is 0 Å². The highest BCUT2D eigenvalue weighted by molar-refractivity contribution is 8.02. The first kappa shape index (κ1) is 11.3. The van der Waals surface area contributed by atoms with Crippen LogP contribution in [0.15, 0.2) is 34.8 Å². The molecule has 0 fully saturated rings. The first-order valence-electron chi connectivity index (χ1n) is 4.03. The molecule has 0 aromatic carbocycles. The van der Waals surface area contributed by atoms with Gasteiger partial charge in [0.15, 0.2) is 0 Å². The van der Waals surface area contributed by atoms with Crippen molar-refractivity contribution in [3.8, 4) is 6.07 Å². The van der Waals surface area contributed by atoms with Crippen molar-refractivity contribution in [2.24, 2.45) is 0 Å². The van der Waals surface area contributed by atoms with Gasteiger partial charge < -0.3 is 4.74 Å². The minimum Gasteiger partial charge on any atom is -0.466 e.